The molecule has 5 heteroatoms. The monoisotopic (exact) mass is 220 g/mol. The van der Waals surface area contributed by atoms with Crippen LogP contribution in [0.5, 0.6) is 0 Å². The van der Waals surface area contributed by atoms with Crippen molar-refractivity contribution in [2.45, 2.75) is 12.5 Å². The summed E-state index contributed by atoms with van der Waals surface area (Å²) in [4.78, 5) is 15.2. The van der Waals surface area contributed by atoms with Crippen LogP contribution in [0.3, 0.4) is 0 Å². The van der Waals surface area contributed by atoms with E-state index < -0.39 is 12.5 Å². The molecule has 0 aromatic rings. The van der Waals surface area contributed by atoms with Crippen molar-refractivity contribution in [2.24, 2.45) is 0 Å². The predicted molar refractivity (Wildman–Crippen MR) is 57.1 cm³/mol. The van der Waals surface area contributed by atoms with Gasteiger partial charge in [0.25, 0.3) is 5.78 Å². The minimum absolute atomic E-state index is 0.213. The normalized spacial score (nSPS) is 26.5. The third-order valence-corrected chi connectivity index (χ3v) is 2.33. The van der Waals surface area contributed by atoms with E-state index in [1.807, 2.05) is 0 Å². The van der Waals surface area contributed by atoms with Gasteiger partial charge in [-0.3, -0.25) is 4.79 Å². The lowest BCUT2D eigenvalue weighted by molar-refractivity contribution is -0.144. The van der Waals surface area contributed by atoms with Gasteiger partial charge >= 0.3 is 0 Å². The minimum atomic E-state index is -0.718. The number of Topliss-reactive ketones (excluding diaryl/α,β-unsaturated/α-hetero) is 1. The number of carbonyl (C=O) groups is 1. The Morgan fingerprint density at radius 1 is 1.06 bits per heavy atom. The van der Waals surface area contributed by atoms with E-state index in [0.717, 1.165) is 0 Å². The Balaban J connectivity index is 2.08. The van der Waals surface area contributed by atoms with Gasteiger partial charge in [0.2, 0.25) is 12.5 Å². The van der Waals surface area contributed by atoms with Crippen molar-refractivity contribution < 1.29 is 14.3 Å². The van der Waals surface area contributed by atoms with E-state index in [1.165, 1.54) is 24.9 Å². The smallest absolute Gasteiger partial charge is 0.256 e. The summed E-state index contributed by atoms with van der Waals surface area (Å²) in [7, 11) is 0. The van der Waals surface area contributed by atoms with Gasteiger partial charge in [-0.1, -0.05) is 13.2 Å². The van der Waals surface area contributed by atoms with Crippen LogP contribution in [-0.4, -0.2) is 28.0 Å². The van der Waals surface area contributed by atoms with Crippen molar-refractivity contribution >= 4 is 5.78 Å². The molecule has 0 spiro atoms. The molecule has 84 valence electrons. The third kappa shape index (κ3) is 1.56. The Kier molecular flexibility index (Phi) is 2.68. The molecule has 0 bridgehead atoms. The summed E-state index contributed by atoms with van der Waals surface area (Å²) >= 11 is 0. The number of hydrogen-bond donors (Lipinski definition) is 0. The lowest BCUT2D eigenvalue weighted by Gasteiger charge is -2.25. The first-order valence-electron chi connectivity index (χ1n) is 4.76. The minimum Gasteiger partial charge on any atom is -0.469 e. The topological polar surface area (TPSA) is 42.0 Å². The Morgan fingerprint density at radius 3 is 1.88 bits per heavy atom. The molecule has 2 unspecified atom stereocenters. The highest BCUT2D eigenvalue weighted by atomic mass is 16.5. The van der Waals surface area contributed by atoms with E-state index in [0.29, 0.717) is 0 Å². The fourth-order valence-corrected chi connectivity index (χ4v) is 1.52. The largest absolute Gasteiger partial charge is 0.469 e. The fourth-order valence-electron chi connectivity index (χ4n) is 1.52. The second kappa shape index (κ2) is 4.14. The van der Waals surface area contributed by atoms with Crippen LogP contribution < -0.4 is 0 Å². The third-order valence-electron chi connectivity index (χ3n) is 2.33. The maximum atomic E-state index is 12.1. The highest BCUT2D eigenvalue weighted by Gasteiger charge is 2.37. The lowest BCUT2D eigenvalue weighted by atomic mass is 10.2. The highest BCUT2D eigenvalue weighted by molar-refractivity contribution is 5.87. The van der Waals surface area contributed by atoms with Crippen LogP contribution in [0.15, 0.2) is 50.5 Å². The molecule has 2 atom stereocenters. The standard InChI is InChI=1S/C11H12N2O3/c1-3-12-5-7-15-10(12)9(14)11-13(4-2)6-8-16-11/h3-8,10-11H,1-2H2. The first-order valence-corrected chi connectivity index (χ1v) is 4.76. The van der Waals surface area contributed by atoms with Crippen molar-refractivity contribution in [3.63, 3.8) is 0 Å². The van der Waals surface area contributed by atoms with E-state index in [2.05, 4.69) is 13.2 Å². The summed E-state index contributed by atoms with van der Waals surface area (Å²) in [6.45, 7) is 7.19. The Bertz CT molecular complexity index is 341. The molecule has 2 aliphatic heterocycles. The number of hydrogen-bond acceptors (Lipinski definition) is 5. The van der Waals surface area contributed by atoms with Crippen LogP contribution in [0, 0.1) is 0 Å². The summed E-state index contributed by atoms with van der Waals surface area (Å²) in [6.07, 6.45) is 7.77. The summed E-state index contributed by atoms with van der Waals surface area (Å²) < 4.78 is 10.4. The molecule has 0 aromatic carbocycles. The van der Waals surface area contributed by atoms with Gasteiger partial charge < -0.3 is 19.3 Å². The average molecular weight is 220 g/mol. The molecule has 0 saturated heterocycles. The number of ether oxygens (including phenoxy) is 2. The molecule has 0 fully saturated rings. The molecule has 0 aliphatic carbocycles. The molecule has 0 saturated carbocycles. The van der Waals surface area contributed by atoms with Crippen LogP contribution in [-0.2, 0) is 14.3 Å². The van der Waals surface area contributed by atoms with E-state index in [1.54, 1.807) is 22.2 Å². The fraction of sp³-hybridized carbons (Fsp3) is 0.182. The number of ketones is 1. The molecule has 0 amide bonds. The first kappa shape index (κ1) is 10.4. The number of carbonyl (C=O) groups excluding carboxylic acids is 1. The average Bonchev–Trinajstić information content (AvgIpc) is 2.96. The molecule has 16 heavy (non-hydrogen) atoms. The molecule has 2 heterocycles. The van der Waals surface area contributed by atoms with Gasteiger partial charge in [-0.15, -0.1) is 0 Å². The van der Waals surface area contributed by atoms with Crippen LogP contribution in [0.25, 0.3) is 0 Å². The molecule has 2 rings (SSSR count). The van der Waals surface area contributed by atoms with Gasteiger partial charge in [0.15, 0.2) is 0 Å². The Hall–Kier alpha value is -2.17. The van der Waals surface area contributed by atoms with Gasteiger partial charge in [-0.05, 0) is 0 Å². The zero-order chi connectivity index (χ0) is 11.5. The van der Waals surface area contributed by atoms with Crippen LogP contribution in [0.4, 0.5) is 0 Å². The predicted octanol–water partition coefficient (Wildman–Crippen LogP) is 1.10. The van der Waals surface area contributed by atoms with Crippen molar-refractivity contribution in [3.05, 3.63) is 50.5 Å². The van der Waals surface area contributed by atoms with Gasteiger partial charge in [0, 0.05) is 24.8 Å². The molecule has 2 aliphatic rings. The van der Waals surface area contributed by atoms with E-state index in [4.69, 9.17) is 9.47 Å². The van der Waals surface area contributed by atoms with Crippen LogP contribution in [0.2, 0.25) is 0 Å². The molecular weight excluding hydrogens is 208 g/mol. The molecule has 0 aromatic heterocycles. The van der Waals surface area contributed by atoms with E-state index in [9.17, 15) is 4.79 Å². The molecule has 0 radical (unpaired) electrons. The molecular formula is C11H12N2O3. The van der Waals surface area contributed by atoms with Gasteiger partial charge in [0.05, 0.1) is 0 Å². The Morgan fingerprint density at radius 2 is 1.50 bits per heavy atom. The molecule has 0 N–H and O–H groups in total. The van der Waals surface area contributed by atoms with Crippen LogP contribution in [0.1, 0.15) is 0 Å². The summed E-state index contributed by atoms with van der Waals surface area (Å²) in [5, 5.41) is 0. The quantitative estimate of drug-likeness (QED) is 0.709. The second-order valence-electron chi connectivity index (χ2n) is 3.21. The second-order valence-corrected chi connectivity index (χ2v) is 3.21. The molecule has 5 nitrogen and oxygen atoms in total. The van der Waals surface area contributed by atoms with Crippen molar-refractivity contribution in [1.82, 2.24) is 9.80 Å². The number of rotatable bonds is 4. The summed E-state index contributed by atoms with van der Waals surface area (Å²) in [5.74, 6) is -0.213. The first-order chi connectivity index (χ1) is 7.77. The highest BCUT2D eigenvalue weighted by Crippen LogP contribution is 2.20. The maximum absolute atomic E-state index is 12.1. The van der Waals surface area contributed by atoms with Gasteiger partial charge in [-0.25, -0.2) is 0 Å². The van der Waals surface area contributed by atoms with E-state index >= 15 is 0 Å². The maximum Gasteiger partial charge on any atom is 0.256 e. The SMILES string of the molecule is C=CN1C=COC1C(=O)C1OC=CN1C=C. The van der Waals surface area contributed by atoms with E-state index in [-0.39, 0.29) is 5.78 Å². The van der Waals surface area contributed by atoms with Crippen molar-refractivity contribution in [3.8, 4) is 0 Å². The summed E-state index contributed by atoms with van der Waals surface area (Å²) in [5.41, 5.74) is 0. The Labute approximate surface area is 93.5 Å². The van der Waals surface area contributed by atoms with Crippen LogP contribution >= 0.6 is 0 Å². The van der Waals surface area contributed by atoms with Gasteiger partial charge in [-0.2, -0.15) is 0 Å². The van der Waals surface area contributed by atoms with Gasteiger partial charge in [0.1, 0.15) is 12.5 Å². The lowest BCUT2D eigenvalue weighted by Crippen LogP contribution is -2.44. The van der Waals surface area contributed by atoms with Crippen molar-refractivity contribution in [2.75, 3.05) is 0 Å². The zero-order valence-electron chi connectivity index (χ0n) is 8.65. The van der Waals surface area contributed by atoms with Crippen molar-refractivity contribution in [1.29, 1.82) is 0 Å². The zero-order valence-corrected chi connectivity index (χ0v) is 8.65. The summed E-state index contributed by atoms with van der Waals surface area (Å²) in [6, 6.07) is 0. The number of nitrogens with zero attached hydrogens (tertiary/aromatic N) is 2.